The second-order valence-electron chi connectivity index (χ2n) is 5.51. The molecule has 0 heterocycles. The molecule has 0 amide bonds. The third kappa shape index (κ3) is 4.94. The van der Waals surface area contributed by atoms with E-state index in [-0.39, 0.29) is 0 Å². The molecule has 0 radical (unpaired) electrons. The molecular formula is C18H25NOS. The monoisotopic (exact) mass is 303 g/mol. The van der Waals surface area contributed by atoms with Crippen LogP contribution in [0, 0.1) is 0 Å². The fraction of sp³-hybridized carbons (Fsp3) is 0.444. The molecule has 3 heteroatoms. The van der Waals surface area contributed by atoms with Gasteiger partial charge in [0.05, 0.1) is 10.8 Å². The lowest BCUT2D eigenvalue weighted by molar-refractivity contribution is 0.509. The summed E-state index contributed by atoms with van der Waals surface area (Å²) in [6, 6.07) is 14.9. The molecule has 0 fully saturated rings. The first-order chi connectivity index (χ1) is 10.2. The first-order valence-electron chi connectivity index (χ1n) is 7.81. The van der Waals surface area contributed by atoms with Gasteiger partial charge in [-0.05, 0) is 49.2 Å². The Balaban J connectivity index is 1.84. The number of rotatable bonds is 8. The molecule has 21 heavy (non-hydrogen) atoms. The van der Waals surface area contributed by atoms with E-state index in [2.05, 4.69) is 43.4 Å². The van der Waals surface area contributed by atoms with Crippen LogP contribution in [0.5, 0.6) is 0 Å². The normalized spacial score (nSPS) is 14.2. The molecule has 0 spiro atoms. The number of hydrogen-bond acceptors (Lipinski definition) is 2. The van der Waals surface area contributed by atoms with Crippen LogP contribution in [0.15, 0.2) is 47.4 Å². The largest absolute Gasteiger partial charge is 0.315 e. The molecule has 2 rings (SSSR count). The molecule has 0 aromatic heterocycles. The molecule has 0 aliphatic heterocycles. The van der Waals surface area contributed by atoms with Crippen molar-refractivity contribution in [3.8, 4) is 0 Å². The molecule has 0 bridgehead atoms. The Labute approximate surface area is 130 Å². The number of unbranched alkanes of at least 4 members (excludes halogenated alkanes) is 1. The SMILES string of the molecule is CCNC(C)CCCCS(=O)c1ccc2ccccc2c1. The first kappa shape index (κ1) is 16.2. The molecule has 2 aromatic rings. The standard InChI is InChI=1S/C18H25NOS/c1-3-19-15(2)8-6-7-13-21(20)18-12-11-16-9-4-5-10-17(16)14-18/h4-5,9-12,14-15,19H,3,6-8,13H2,1-2H3. The zero-order chi connectivity index (χ0) is 15.1. The molecule has 0 saturated heterocycles. The highest BCUT2D eigenvalue weighted by Gasteiger charge is 2.06. The predicted octanol–water partition coefficient (Wildman–Crippen LogP) is 4.12. The molecular weight excluding hydrogens is 278 g/mol. The van der Waals surface area contributed by atoms with Crippen molar-refractivity contribution in [3.63, 3.8) is 0 Å². The van der Waals surface area contributed by atoms with Gasteiger partial charge in [0, 0.05) is 16.7 Å². The predicted molar refractivity (Wildman–Crippen MR) is 92.2 cm³/mol. The van der Waals surface area contributed by atoms with Gasteiger partial charge in [0.25, 0.3) is 0 Å². The topological polar surface area (TPSA) is 29.1 Å². The minimum Gasteiger partial charge on any atom is -0.315 e. The summed E-state index contributed by atoms with van der Waals surface area (Å²) in [5.41, 5.74) is 0. The van der Waals surface area contributed by atoms with Crippen molar-refractivity contribution in [2.24, 2.45) is 0 Å². The van der Waals surface area contributed by atoms with Crippen molar-refractivity contribution < 1.29 is 4.21 Å². The molecule has 114 valence electrons. The second kappa shape index (κ2) is 8.30. The average molecular weight is 303 g/mol. The Morgan fingerprint density at radius 1 is 1.10 bits per heavy atom. The Bertz CT molecular complexity index is 597. The summed E-state index contributed by atoms with van der Waals surface area (Å²) >= 11 is 0. The minimum absolute atomic E-state index is 0.559. The van der Waals surface area contributed by atoms with E-state index < -0.39 is 10.8 Å². The van der Waals surface area contributed by atoms with Crippen LogP contribution in [-0.2, 0) is 10.8 Å². The van der Waals surface area contributed by atoms with Crippen molar-refractivity contribution in [2.75, 3.05) is 12.3 Å². The Kier molecular flexibility index (Phi) is 6.40. The van der Waals surface area contributed by atoms with Crippen LogP contribution in [0.25, 0.3) is 10.8 Å². The van der Waals surface area contributed by atoms with Crippen LogP contribution in [0.1, 0.15) is 33.1 Å². The van der Waals surface area contributed by atoms with Gasteiger partial charge >= 0.3 is 0 Å². The van der Waals surface area contributed by atoms with Crippen molar-refractivity contribution in [1.29, 1.82) is 0 Å². The van der Waals surface area contributed by atoms with Crippen molar-refractivity contribution >= 4 is 21.6 Å². The maximum atomic E-state index is 12.4. The molecule has 2 nitrogen and oxygen atoms in total. The van der Waals surface area contributed by atoms with Crippen LogP contribution in [0.3, 0.4) is 0 Å². The van der Waals surface area contributed by atoms with E-state index in [1.807, 2.05) is 18.2 Å². The number of benzene rings is 2. The van der Waals surface area contributed by atoms with Crippen molar-refractivity contribution in [1.82, 2.24) is 5.32 Å². The van der Waals surface area contributed by atoms with Gasteiger partial charge in [0.1, 0.15) is 0 Å². The second-order valence-corrected chi connectivity index (χ2v) is 7.08. The molecule has 1 N–H and O–H groups in total. The summed E-state index contributed by atoms with van der Waals surface area (Å²) in [6.07, 6.45) is 3.31. The Morgan fingerprint density at radius 2 is 1.86 bits per heavy atom. The van der Waals surface area contributed by atoms with Gasteiger partial charge in [-0.25, -0.2) is 0 Å². The van der Waals surface area contributed by atoms with E-state index >= 15 is 0 Å². The zero-order valence-electron chi connectivity index (χ0n) is 13.0. The van der Waals surface area contributed by atoms with Crippen LogP contribution >= 0.6 is 0 Å². The van der Waals surface area contributed by atoms with E-state index in [1.165, 1.54) is 10.8 Å². The summed E-state index contributed by atoms with van der Waals surface area (Å²) in [5, 5.41) is 5.79. The van der Waals surface area contributed by atoms with E-state index in [0.29, 0.717) is 6.04 Å². The van der Waals surface area contributed by atoms with Crippen molar-refractivity contribution in [2.45, 2.75) is 44.0 Å². The molecule has 2 unspecified atom stereocenters. The smallest absolute Gasteiger partial charge is 0.0529 e. The Morgan fingerprint density at radius 3 is 2.62 bits per heavy atom. The van der Waals surface area contributed by atoms with E-state index in [9.17, 15) is 4.21 Å². The maximum absolute atomic E-state index is 12.4. The summed E-state index contributed by atoms with van der Waals surface area (Å²) in [7, 11) is -0.878. The van der Waals surface area contributed by atoms with Crippen LogP contribution < -0.4 is 5.32 Å². The highest BCUT2D eigenvalue weighted by atomic mass is 32.2. The van der Waals surface area contributed by atoms with Gasteiger partial charge < -0.3 is 5.32 Å². The van der Waals surface area contributed by atoms with Gasteiger partial charge in [0.15, 0.2) is 0 Å². The first-order valence-corrected chi connectivity index (χ1v) is 9.13. The zero-order valence-corrected chi connectivity index (χ0v) is 13.8. The van der Waals surface area contributed by atoms with E-state index in [4.69, 9.17) is 0 Å². The average Bonchev–Trinajstić information content (AvgIpc) is 2.51. The van der Waals surface area contributed by atoms with Gasteiger partial charge in [-0.15, -0.1) is 0 Å². The fourth-order valence-corrected chi connectivity index (χ4v) is 3.74. The van der Waals surface area contributed by atoms with E-state index in [1.54, 1.807) is 0 Å². The Hall–Kier alpha value is -1.19. The van der Waals surface area contributed by atoms with Crippen molar-refractivity contribution in [3.05, 3.63) is 42.5 Å². The van der Waals surface area contributed by atoms with Gasteiger partial charge in [-0.3, -0.25) is 4.21 Å². The maximum Gasteiger partial charge on any atom is 0.0529 e. The molecule has 0 saturated carbocycles. The lowest BCUT2D eigenvalue weighted by Gasteiger charge is -2.11. The quantitative estimate of drug-likeness (QED) is 0.743. The van der Waals surface area contributed by atoms with Crippen LogP contribution in [-0.4, -0.2) is 22.5 Å². The van der Waals surface area contributed by atoms with Crippen LogP contribution in [0.4, 0.5) is 0 Å². The molecule has 0 aliphatic carbocycles. The lowest BCUT2D eigenvalue weighted by Crippen LogP contribution is -2.25. The number of nitrogens with one attached hydrogen (secondary N) is 1. The van der Waals surface area contributed by atoms with Gasteiger partial charge in [-0.2, -0.15) is 0 Å². The molecule has 2 atom stereocenters. The summed E-state index contributed by atoms with van der Waals surface area (Å²) in [4.78, 5) is 0.952. The number of hydrogen-bond donors (Lipinski definition) is 1. The lowest BCUT2D eigenvalue weighted by atomic mass is 10.1. The summed E-state index contributed by atoms with van der Waals surface area (Å²) in [6.45, 7) is 5.36. The fourth-order valence-electron chi connectivity index (χ4n) is 2.56. The minimum atomic E-state index is -0.878. The summed E-state index contributed by atoms with van der Waals surface area (Å²) < 4.78 is 12.4. The third-order valence-electron chi connectivity index (χ3n) is 3.75. The summed E-state index contributed by atoms with van der Waals surface area (Å²) in [5.74, 6) is 0.761. The molecule has 0 aliphatic rings. The van der Waals surface area contributed by atoms with Gasteiger partial charge in [-0.1, -0.05) is 43.7 Å². The van der Waals surface area contributed by atoms with Crippen LogP contribution in [0.2, 0.25) is 0 Å². The highest BCUT2D eigenvalue weighted by Crippen LogP contribution is 2.18. The highest BCUT2D eigenvalue weighted by molar-refractivity contribution is 7.85. The molecule has 2 aromatic carbocycles. The van der Waals surface area contributed by atoms with Gasteiger partial charge in [0.2, 0.25) is 0 Å². The van der Waals surface area contributed by atoms with E-state index in [0.717, 1.165) is 36.5 Å². The number of fused-ring (bicyclic) bond motifs is 1. The third-order valence-corrected chi connectivity index (χ3v) is 5.19.